The third-order valence-corrected chi connectivity index (χ3v) is 4.40. The van der Waals surface area contributed by atoms with Gasteiger partial charge < -0.3 is 10.1 Å². The van der Waals surface area contributed by atoms with Crippen LogP contribution in [0.4, 0.5) is 5.69 Å². The summed E-state index contributed by atoms with van der Waals surface area (Å²) in [4.78, 5) is 16.6. The summed E-state index contributed by atoms with van der Waals surface area (Å²) in [5.74, 6) is 0.665. The Morgan fingerprint density at radius 3 is 2.80 bits per heavy atom. The molecule has 0 bridgehead atoms. The fourth-order valence-electron chi connectivity index (χ4n) is 2.44. The fraction of sp³-hybridized carbons (Fsp3) is 0.333. The second-order valence-electron chi connectivity index (χ2n) is 4.84. The number of anilines is 1. The molecule has 2 heterocycles. The number of rotatable bonds is 3. The van der Waals surface area contributed by atoms with Crippen LogP contribution in [0.2, 0.25) is 0 Å². The summed E-state index contributed by atoms with van der Waals surface area (Å²) in [6.45, 7) is 3.94. The molecule has 20 heavy (non-hydrogen) atoms. The molecule has 0 atom stereocenters. The minimum Gasteiger partial charge on any atom is -0.475 e. The van der Waals surface area contributed by atoms with E-state index in [4.69, 9.17) is 4.74 Å². The lowest BCUT2D eigenvalue weighted by Crippen LogP contribution is -2.49. The van der Waals surface area contributed by atoms with Gasteiger partial charge in [-0.3, -0.25) is 4.79 Å². The lowest BCUT2D eigenvalue weighted by Gasteiger charge is -2.36. The number of fused-ring (bicyclic) bond motifs is 1. The van der Waals surface area contributed by atoms with Crippen molar-refractivity contribution in [2.45, 2.75) is 32.3 Å². The molecule has 1 aromatic heterocycles. The molecule has 0 radical (unpaired) electrons. The molecule has 3 rings (SSSR count). The van der Waals surface area contributed by atoms with E-state index < -0.39 is 5.60 Å². The van der Waals surface area contributed by atoms with Crippen molar-refractivity contribution in [2.24, 2.45) is 0 Å². The predicted molar refractivity (Wildman–Crippen MR) is 80.1 cm³/mol. The van der Waals surface area contributed by atoms with Gasteiger partial charge in [0.1, 0.15) is 5.75 Å². The molecule has 0 unspecified atom stereocenters. The summed E-state index contributed by atoms with van der Waals surface area (Å²) in [5.41, 5.74) is 3.67. The predicted octanol–water partition coefficient (Wildman–Crippen LogP) is 3.70. The van der Waals surface area contributed by atoms with E-state index in [1.807, 2.05) is 37.4 Å². The Morgan fingerprint density at radius 2 is 2.15 bits per heavy atom. The first-order valence-corrected chi connectivity index (χ1v) is 7.66. The summed E-state index contributed by atoms with van der Waals surface area (Å²) in [6, 6.07) is 5.79. The maximum absolute atomic E-state index is 12.3. The van der Waals surface area contributed by atoms with E-state index in [1.54, 1.807) is 16.8 Å². The molecular weight excluding hydrogens is 272 g/mol. The Bertz CT molecular complexity index is 633. The molecule has 0 spiro atoms. The van der Waals surface area contributed by atoms with Gasteiger partial charge in [-0.1, -0.05) is 13.8 Å². The van der Waals surface area contributed by atoms with Crippen LogP contribution in [0, 0.1) is 0 Å². The number of carbonyl (C=O) groups is 1. The number of carbonyl (C=O) groups excluding carboxylic acids is 1. The Morgan fingerprint density at radius 1 is 1.35 bits per heavy atom. The number of hydrogen-bond donors (Lipinski definition) is 1. The molecule has 1 aliphatic rings. The number of amides is 1. The van der Waals surface area contributed by atoms with E-state index in [0.717, 1.165) is 22.7 Å². The summed E-state index contributed by atoms with van der Waals surface area (Å²) in [7, 11) is 0. The van der Waals surface area contributed by atoms with Crippen molar-refractivity contribution in [3.05, 3.63) is 29.1 Å². The van der Waals surface area contributed by atoms with Crippen molar-refractivity contribution in [3.8, 4) is 17.0 Å². The first-order valence-electron chi connectivity index (χ1n) is 6.71. The third-order valence-electron chi connectivity index (χ3n) is 3.82. The zero-order chi connectivity index (χ0) is 14.2. The van der Waals surface area contributed by atoms with Crippen LogP contribution < -0.4 is 10.1 Å². The molecule has 1 N–H and O–H groups in total. The second kappa shape index (κ2) is 4.90. The third kappa shape index (κ3) is 1.98. The molecule has 0 fully saturated rings. The molecule has 1 aromatic carbocycles. The van der Waals surface area contributed by atoms with Crippen LogP contribution >= 0.6 is 11.3 Å². The quantitative estimate of drug-likeness (QED) is 0.937. The van der Waals surface area contributed by atoms with Gasteiger partial charge in [-0.05, 0) is 31.0 Å². The van der Waals surface area contributed by atoms with Crippen molar-refractivity contribution >= 4 is 22.9 Å². The van der Waals surface area contributed by atoms with Crippen molar-refractivity contribution in [1.82, 2.24) is 4.98 Å². The molecule has 104 valence electrons. The molecule has 0 saturated carbocycles. The number of benzene rings is 1. The SMILES string of the molecule is CCC1(CC)Oc2ccc(-c3cscn3)cc2NC1=O. The normalized spacial score (nSPS) is 16.2. The lowest BCUT2D eigenvalue weighted by atomic mass is 9.94. The monoisotopic (exact) mass is 288 g/mol. The number of thiazole rings is 1. The van der Waals surface area contributed by atoms with Gasteiger partial charge in [0.15, 0.2) is 5.60 Å². The average molecular weight is 288 g/mol. The fourth-order valence-corrected chi connectivity index (χ4v) is 3.00. The summed E-state index contributed by atoms with van der Waals surface area (Å²) in [6.07, 6.45) is 1.31. The van der Waals surface area contributed by atoms with Gasteiger partial charge in [-0.25, -0.2) is 4.98 Å². The zero-order valence-corrected chi connectivity index (χ0v) is 12.3. The van der Waals surface area contributed by atoms with E-state index in [0.29, 0.717) is 12.8 Å². The van der Waals surface area contributed by atoms with E-state index >= 15 is 0 Å². The molecule has 4 nitrogen and oxygen atoms in total. The topological polar surface area (TPSA) is 51.2 Å². The van der Waals surface area contributed by atoms with Crippen LogP contribution in [0.25, 0.3) is 11.3 Å². The largest absolute Gasteiger partial charge is 0.475 e. The molecule has 1 aliphatic heterocycles. The highest BCUT2D eigenvalue weighted by atomic mass is 32.1. The highest BCUT2D eigenvalue weighted by molar-refractivity contribution is 7.07. The van der Waals surface area contributed by atoms with Crippen LogP contribution in [0.15, 0.2) is 29.1 Å². The maximum atomic E-state index is 12.3. The van der Waals surface area contributed by atoms with E-state index in [1.165, 1.54) is 0 Å². The van der Waals surface area contributed by atoms with E-state index in [9.17, 15) is 4.79 Å². The van der Waals surface area contributed by atoms with Gasteiger partial charge in [0.25, 0.3) is 5.91 Å². The minimum absolute atomic E-state index is 0.0644. The van der Waals surface area contributed by atoms with Crippen LogP contribution in [0.3, 0.4) is 0 Å². The second-order valence-corrected chi connectivity index (χ2v) is 5.56. The Labute approximate surface area is 121 Å². The number of aromatic nitrogens is 1. The molecule has 0 aliphatic carbocycles. The minimum atomic E-state index is -0.741. The molecule has 1 amide bonds. The van der Waals surface area contributed by atoms with Crippen LogP contribution in [-0.2, 0) is 4.79 Å². The van der Waals surface area contributed by atoms with Crippen molar-refractivity contribution in [1.29, 1.82) is 0 Å². The highest BCUT2D eigenvalue weighted by Gasteiger charge is 2.41. The van der Waals surface area contributed by atoms with Crippen LogP contribution in [-0.4, -0.2) is 16.5 Å². The number of nitrogens with zero attached hydrogens (tertiary/aromatic N) is 1. The van der Waals surface area contributed by atoms with Crippen molar-refractivity contribution in [2.75, 3.05) is 5.32 Å². The standard InChI is InChI=1S/C15H16N2O2S/c1-3-15(4-2)14(18)17-11-7-10(5-6-13(11)19-15)12-8-20-9-16-12/h5-9H,3-4H2,1-2H3,(H,17,18). The highest BCUT2D eigenvalue weighted by Crippen LogP contribution is 2.38. The Balaban J connectivity index is 2.00. The summed E-state index contributed by atoms with van der Waals surface area (Å²) in [5, 5.41) is 4.95. The van der Waals surface area contributed by atoms with E-state index in [2.05, 4.69) is 10.3 Å². The Kier molecular flexibility index (Phi) is 3.22. The number of ether oxygens (including phenoxy) is 1. The molecule has 2 aromatic rings. The van der Waals surface area contributed by atoms with Gasteiger partial charge in [0, 0.05) is 10.9 Å². The zero-order valence-electron chi connectivity index (χ0n) is 11.5. The van der Waals surface area contributed by atoms with Crippen molar-refractivity contribution < 1.29 is 9.53 Å². The average Bonchev–Trinajstić information content (AvgIpc) is 3.00. The van der Waals surface area contributed by atoms with Crippen molar-refractivity contribution in [3.63, 3.8) is 0 Å². The van der Waals surface area contributed by atoms with Crippen LogP contribution in [0.1, 0.15) is 26.7 Å². The number of nitrogens with one attached hydrogen (secondary N) is 1. The van der Waals surface area contributed by atoms with E-state index in [-0.39, 0.29) is 5.91 Å². The molecule has 0 saturated heterocycles. The van der Waals surface area contributed by atoms with Gasteiger partial charge in [-0.15, -0.1) is 11.3 Å². The van der Waals surface area contributed by atoms with Gasteiger partial charge >= 0.3 is 0 Å². The lowest BCUT2D eigenvalue weighted by molar-refractivity contribution is -0.133. The smallest absolute Gasteiger partial charge is 0.268 e. The summed E-state index contributed by atoms with van der Waals surface area (Å²) >= 11 is 1.55. The first kappa shape index (κ1) is 13.1. The first-order chi connectivity index (χ1) is 9.68. The van der Waals surface area contributed by atoms with Gasteiger partial charge in [0.05, 0.1) is 16.9 Å². The molecular formula is C15H16N2O2S. The number of hydrogen-bond acceptors (Lipinski definition) is 4. The summed E-state index contributed by atoms with van der Waals surface area (Å²) < 4.78 is 5.97. The van der Waals surface area contributed by atoms with Gasteiger partial charge in [-0.2, -0.15) is 0 Å². The van der Waals surface area contributed by atoms with Crippen LogP contribution in [0.5, 0.6) is 5.75 Å². The molecule has 5 heteroatoms. The van der Waals surface area contributed by atoms with Gasteiger partial charge in [0.2, 0.25) is 0 Å². The maximum Gasteiger partial charge on any atom is 0.268 e. The Hall–Kier alpha value is -1.88.